The summed E-state index contributed by atoms with van der Waals surface area (Å²) in [6, 6.07) is 15.2. The number of likely N-dealkylation sites (tertiary alicyclic amines) is 1. The Bertz CT molecular complexity index is 1260. The molecule has 3 N–H and O–H groups in total. The molecule has 8 nitrogen and oxygen atoms in total. The first kappa shape index (κ1) is 29.9. The Kier molecular flexibility index (Phi) is 10.0. The number of carbonyl (C=O) groups is 3. The second-order valence-electron chi connectivity index (χ2n) is 11.8. The van der Waals surface area contributed by atoms with Gasteiger partial charge in [-0.15, -0.1) is 0 Å². The van der Waals surface area contributed by atoms with E-state index in [1.165, 1.54) is 12.1 Å². The number of benzene rings is 2. The maximum Gasteiger partial charge on any atom is 0.243 e. The third-order valence-corrected chi connectivity index (χ3v) is 8.84. The maximum atomic E-state index is 13.7. The van der Waals surface area contributed by atoms with Crippen LogP contribution < -0.4 is 16.0 Å². The Morgan fingerprint density at radius 3 is 2.60 bits per heavy atom. The molecule has 0 saturated carbocycles. The molecule has 0 bridgehead atoms. The fourth-order valence-electron chi connectivity index (χ4n) is 6.31. The summed E-state index contributed by atoms with van der Waals surface area (Å²) < 4.78 is 19.1. The highest BCUT2D eigenvalue weighted by molar-refractivity contribution is 5.90. The Morgan fingerprint density at radius 2 is 1.81 bits per heavy atom. The molecule has 0 aromatic heterocycles. The predicted octanol–water partition coefficient (Wildman–Crippen LogP) is 3.12. The van der Waals surface area contributed by atoms with E-state index in [1.807, 2.05) is 30.3 Å². The monoisotopic (exact) mass is 576 g/mol. The van der Waals surface area contributed by atoms with E-state index in [-0.39, 0.29) is 48.6 Å². The van der Waals surface area contributed by atoms with Crippen molar-refractivity contribution >= 4 is 17.7 Å². The first-order valence-electron chi connectivity index (χ1n) is 15.0. The Labute approximate surface area is 247 Å². The summed E-state index contributed by atoms with van der Waals surface area (Å²) in [5.74, 6) is -0.571. The molecule has 3 amide bonds. The highest BCUT2D eigenvalue weighted by atomic mass is 19.1. The summed E-state index contributed by atoms with van der Waals surface area (Å²) in [5, 5.41) is 9.29. The second kappa shape index (κ2) is 14.1. The van der Waals surface area contributed by atoms with Gasteiger partial charge in [0.1, 0.15) is 11.9 Å². The first-order chi connectivity index (χ1) is 20.4. The van der Waals surface area contributed by atoms with E-state index in [9.17, 15) is 18.8 Å². The summed E-state index contributed by atoms with van der Waals surface area (Å²) in [6.07, 6.45) is 7.94. The number of hydrogen-bond donors (Lipinski definition) is 3. The van der Waals surface area contributed by atoms with E-state index < -0.39 is 11.5 Å². The lowest BCUT2D eigenvalue weighted by molar-refractivity contribution is -0.140. The molecule has 3 atom stereocenters. The number of ether oxygens (including phenoxy) is 1. The lowest BCUT2D eigenvalue weighted by atomic mass is 9.75. The van der Waals surface area contributed by atoms with E-state index in [1.54, 1.807) is 12.1 Å². The summed E-state index contributed by atoms with van der Waals surface area (Å²) in [7, 11) is 0. The molecule has 2 aromatic carbocycles. The van der Waals surface area contributed by atoms with Crippen molar-refractivity contribution in [2.75, 3.05) is 32.8 Å². The SMILES string of the molecule is O=C(CN1CC[C@H]2NC(=O)[C@@H](Cc3ccccc3)NC(=O)C3(C/C=C/C[C@H]2C1)CCOCC3)NCc1cccc(F)c1. The zero-order chi connectivity index (χ0) is 29.4. The van der Waals surface area contributed by atoms with Crippen molar-refractivity contribution < 1.29 is 23.5 Å². The zero-order valence-electron chi connectivity index (χ0n) is 24.0. The summed E-state index contributed by atoms with van der Waals surface area (Å²) in [5.41, 5.74) is 1.11. The molecule has 3 aliphatic rings. The molecule has 3 heterocycles. The molecule has 1 spiro atoms. The van der Waals surface area contributed by atoms with E-state index in [0.29, 0.717) is 64.0 Å². The quantitative estimate of drug-likeness (QED) is 0.459. The molecule has 9 heteroatoms. The van der Waals surface area contributed by atoms with Crippen LogP contribution in [0.5, 0.6) is 0 Å². The lowest BCUT2D eigenvalue weighted by Crippen LogP contribution is -2.58. The summed E-state index contributed by atoms with van der Waals surface area (Å²) in [4.78, 5) is 42.3. The average Bonchev–Trinajstić information content (AvgIpc) is 2.99. The minimum absolute atomic E-state index is 0.0691. The van der Waals surface area contributed by atoms with Crippen LogP contribution in [0.15, 0.2) is 66.7 Å². The van der Waals surface area contributed by atoms with Crippen LogP contribution >= 0.6 is 0 Å². The molecule has 0 aliphatic carbocycles. The maximum absolute atomic E-state index is 13.7. The van der Waals surface area contributed by atoms with Crippen LogP contribution in [-0.4, -0.2) is 67.6 Å². The fraction of sp³-hybridized carbons (Fsp3) is 0.485. The standard InChI is InChI=1S/C33H41FN4O4/c34-27-11-6-9-25(19-27)21-35-30(39)23-38-16-12-28-26(22-38)10-4-5-13-33(14-17-42-18-15-33)32(41)37-29(31(40)36-28)20-24-7-2-1-3-8-24/h1-9,11,19,26,28-29H,10,12-18,20-23H2,(H,35,39)(H,36,40)(H,37,41)/b5-4+/t26-,28+,29+/m0/s1. The van der Waals surface area contributed by atoms with E-state index in [0.717, 1.165) is 12.0 Å². The van der Waals surface area contributed by atoms with Crippen molar-refractivity contribution in [2.24, 2.45) is 11.3 Å². The smallest absolute Gasteiger partial charge is 0.243 e. The van der Waals surface area contributed by atoms with Crippen molar-refractivity contribution in [1.29, 1.82) is 0 Å². The Hall–Kier alpha value is -3.56. The molecule has 0 unspecified atom stereocenters. The van der Waals surface area contributed by atoms with Gasteiger partial charge in [-0.25, -0.2) is 4.39 Å². The Balaban J connectivity index is 1.28. The van der Waals surface area contributed by atoms with Gasteiger partial charge in [-0.3, -0.25) is 19.3 Å². The number of amides is 3. The highest BCUT2D eigenvalue weighted by Gasteiger charge is 2.41. The van der Waals surface area contributed by atoms with Gasteiger partial charge in [0.15, 0.2) is 0 Å². The minimum Gasteiger partial charge on any atom is -0.381 e. The number of hydrogen-bond acceptors (Lipinski definition) is 5. The van der Waals surface area contributed by atoms with Crippen LogP contribution in [0, 0.1) is 17.2 Å². The number of nitrogens with one attached hydrogen (secondary N) is 3. The van der Waals surface area contributed by atoms with Gasteiger partial charge in [-0.05, 0) is 61.3 Å². The summed E-state index contributed by atoms with van der Waals surface area (Å²) >= 11 is 0. The largest absolute Gasteiger partial charge is 0.381 e. The van der Waals surface area contributed by atoms with Crippen LogP contribution in [0.2, 0.25) is 0 Å². The molecule has 5 rings (SSSR count). The van der Waals surface area contributed by atoms with Crippen LogP contribution in [0.4, 0.5) is 4.39 Å². The topological polar surface area (TPSA) is 99.8 Å². The Morgan fingerprint density at radius 1 is 1.02 bits per heavy atom. The van der Waals surface area contributed by atoms with Gasteiger partial charge in [-0.2, -0.15) is 0 Å². The van der Waals surface area contributed by atoms with Gasteiger partial charge in [0.05, 0.1) is 12.0 Å². The van der Waals surface area contributed by atoms with Crippen molar-refractivity contribution in [3.63, 3.8) is 0 Å². The summed E-state index contributed by atoms with van der Waals surface area (Å²) in [6.45, 7) is 2.90. The van der Waals surface area contributed by atoms with Crippen molar-refractivity contribution in [3.05, 3.63) is 83.7 Å². The van der Waals surface area contributed by atoms with Gasteiger partial charge >= 0.3 is 0 Å². The molecular weight excluding hydrogens is 535 g/mol. The number of fused-ring (bicyclic) bond motifs is 1. The van der Waals surface area contributed by atoms with Gasteiger partial charge in [0.25, 0.3) is 0 Å². The van der Waals surface area contributed by atoms with Gasteiger partial charge in [0.2, 0.25) is 17.7 Å². The average molecular weight is 577 g/mol. The molecule has 3 aliphatic heterocycles. The number of piperidine rings is 1. The first-order valence-corrected chi connectivity index (χ1v) is 15.0. The van der Waals surface area contributed by atoms with E-state index in [4.69, 9.17) is 4.74 Å². The van der Waals surface area contributed by atoms with Crippen LogP contribution in [-0.2, 0) is 32.1 Å². The lowest BCUT2D eigenvalue weighted by Gasteiger charge is -2.40. The minimum atomic E-state index is -0.685. The molecule has 2 aromatic rings. The zero-order valence-corrected chi connectivity index (χ0v) is 24.0. The van der Waals surface area contributed by atoms with Gasteiger partial charge in [0, 0.05) is 45.3 Å². The second-order valence-corrected chi connectivity index (χ2v) is 11.8. The van der Waals surface area contributed by atoms with E-state index >= 15 is 0 Å². The van der Waals surface area contributed by atoms with Crippen LogP contribution in [0.25, 0.3) is 0 Å². The van der Waals surface area contributed by atoms with Crippen molar-refractivity contribution in [1.82, 2.24) is 20.9 Å². The van der Waals surface area contributed by atoms with Gasteiger partial charge < -0.3 is 20.7 Å². The number of nitrogens with zero attached hydrogens (tertiary/aromatic N) is 1. The highest BCUT2D eigenvalue weighted by Crippen LogP contribution is 2.36. The molecule has 2 saturated heterocycles. The number of rotatable bonds is 6. The molecule has 224 valence electrons. The predicted molar refractivity (Wildman–Crippen MR) is 158 cm³/mol. The van der Waals surface area contributed by atoms with Crippen LogP contribution in [0.3, 0.4) is 0 Å². The fourth-order valence-corrected chi connectivity index (χ4v) is 6.31. The number of carbonyl (C=O) groups excluding carboxylic acids is 3. The van der Waals surface area contributed by atoms with Crippen LogP contribution in [0.1, 0.15) is 43.2 Å². The van der Waals surface area contributed by atoms with Gasteiger partial charge in [-0.1, -0.05) is 54.6 Å². The molecule has 2 fully saturated rings. The number of halogens is 1. The third-order valence-electron chi connectivity index (χ3n) is 8.84. The number of allylic oxidation sites excluding steroid dienone is 2. The molecular formula is C33H41FN4O4. The molecule has 42 heavy (non-hydrogen) atoms. The van der Waals surface area contributed by atoms with E-state index in [2.05, 4.69) is 33.0 Å². The third kappa shape index (κ3) is 7.83. The normalized spacial score (nSPS) is 25.7. The van der Waals surface area contributed by atoms with Crippen molar-refractivity contribution in [2.45, 2.75) is 57.2 Å². The van der Waals surface area contributed by atoms with Crippen molar-refractivity contribution in [3.8, 4) is 0 Å². The molecule has 0 radical (unpaired) electrons.